The lowest BCUT2D eigenvalue weighted by atomic mass is 9.74. The van der Waals surface area contributed by atoms with Crippen LogP contribution in [0.3, 0.4) is 0 Å². The summed E-state index contributed by atoms with van der Waals surface area (Å²) in [6.45, 7) is 14.8. The minimum absolute atomic E-state index is 0.0411. The first-order chi connectivity index (χ1) is 4.78. The zero-order chi connectivity index (χ0) is 8.86. The highest BCUT2D eigenvalue weighted by Crippen LogP contribution is 2.50. The first-order valence-corrected chi connectivity index (χ1v) is 4.17. The average molecular weight is 154 g/mol. The van der Waals surface area contributed by atoms with Crippen molar-refractivity contribution < 1.29 is 4.74 Å². The molecule has 1 nitrogen and oxygen atoms in total. The Bertz CT molecular complexity index is 189. The highest BCUT2D eigenvalue weighted by Gasteiger charge is 2.48. The van der Waals surface area contributed by atoms with Gasteiger partial charge in [-0.1, -0.05) is 27.4 Å². The van der Waals surface area contributed by atoms with Gasteiger partial charge in [-0.3, -0.25) is 0 Å². The molecule has 0 saturated carbocycles. The van der Waals surface area contributed by atoms with Crippen LogP contribution in [0.4, 0.5) is 0 Å². The van der Waals surface area contributed by atoms with Crippen molar-refractivity contribution in [2.24, 2.45) is 11.3 Å². The Morgan fingerprint density at radius 1 is 1.27 bits per heavy atom. The fraction of sp³-hybridized carbons (Fsp3) is 0.800. The van der Waals surface area contributed by atoms with Crippen molar-refractivity contribution >= 4 is 0 Å². The minimum atomic E-state index is -0.0411. The molecular weight excluding hydrogens is 136 g/mol. The van der Waals surface area contributed by atoms with Gasteiger partial charge in [-0.15, -0.1) is 0 Å². The normalized spacial score (nSPS) is 33.5. The molecule has 0 spiro atoms. The van der Waals surface area contributed by atoms with Crippen molar-refractivity contribution in [3.8, 4) is 0 Å². The Kier molecular flexibility index (Phi) is 1.59. The molecule has 1 heteroatoms. The van der Waals surface area contributed by atoms with Crippen LogP contribution in [0, 0.1) is 11.3 Å². The average Bonchev–Trinajstić information content (AvgIpc) is 1.94. The van der Waals surface area contributed by atoms with Crippen LogP contribution < -0.4 is 0 Å². The van der Waals surface area contributed by atoms with Crippen molar-refractivity contribution in [1.29, 1.82) is 0 Å². The Hall–Kier alpha value is -0.460. The number of hydrogen-bond donors (Lipinski definition) is 0. The Morgan fingerprint density at radius 2 is 1.73 bits per heavy atom. The zero-order valence-electron chi connectivity index (χ0n) is 8.19. The third-order valence-electron chi connectivity index (χ3n) is 3.23. The lowest BCUT2D eigenvalue weighted by Gasteiger charge is -2.27. The summed E-state index contributed by atoms with van der Waals surface area (Å²) in [6.07, 6.45) is 0. The Morgan fingerprint density at radius 3 is 1.82 bits per heavy atom. The maximum Gasteiger partial charge on any atom is 0.106 e. The number of allylic oxidation sites excluding steroid dienone is 1. The van der Waals surface area contributed by atoms with Gasteiger partial charge in [0, 0.05) is 11.3 Å². The van der Waals surface area contributed by atoms with Gasteiger partial charge >= 0.3 is 0 Å². The first-order valence-electron chi connectivity index (χ1n) is 4.17. The standard InChI is InChI=1S/C10H18O/c1-7-9(3,4)8(2)11-10(7,5)6/h7H,2H2,1,3-6H3. The summed E-state index contributed by atoms with van der Waals surface area (Å²) in [6, 6.07) is 0. The molecule has 64 valence electrons. The van der Waals surface area contributed by atoms with Crippen LogP contribution in [-0.4, -0.2) is 5.60 Å². The van der Waals surface area contributed by atoms with Gasteiger partial charge in [-0.25, -0.2) is 0 Å². The molecule has 1 saturated heterocycles. The zero-order valence-corrected chi connectivity index (χ0v) is 8.19. The van der Waals surface area contributed by atoms with Gasteiger partial charge in [-0.05, 0) is 13.8 Å². The van der Waals surface area contributed by atoms with E-state index in [2.05, 4.69) is 41.2 Å². The molecule has 11 heavy (non-hydrogen) atoms. The molecule has 0 bridgehead atoms. The van der Waals surface area contributed by atoms with Crippen LogP contribution in [0.5, 0.6) is 0 Å². The topological polar surface area (TPSA) is 9.23 Å². The van der Waals surface area contributed by atoms with Crippen molar-refractivity contribution in [3.63, 3.8) is 0 Å². The predicted octanol–water partition coefficient (Wildman–Crippen LogP) is 2.97. The first kappa shape index (κ1) is 8.63. The van der Waals surface area contributed by atoms with Crippen LogP contribution in [0.2, 0.25) is 0 Å². The summed E-state index contributed by atoms with van der Waals surface area (Å²) >= 11 is 0. The van der Waals surface area contributed by atoms with E-state index in [0.29, 0.717) is 5.92 Å². The summed E-state index contributed by atoms with van der Waals surface area (Å²) in [5, 5.41) is 0. The molecule has 1 rings (SSSR count). The van der Waals surface area contributed by atoms with Gasteiger partial charge in [-0.2, -0.15) is 0 Å². The van der Waals surface area contributed by atoms with E-state index in [4.69, 9.17) is 4.74 Å². The summed E-state index contributed by atoms with van der Waals surface area (Å²) in [5.74, 6) is 1.46. The Labute approximate surface area is 69.4 Å². The van der Waals surface area contributed by atoms with E-state index in [0.717, 1.165) is 5.76 Å². The summed E-state index contributed by atoms with van der Waals surface area (Å²) in [7, 11) is 0. The smallest absolute Gasteiger partial charge is 0.106 e. The molecular formula is C10H18O. The van der Waals surface area contributed by atoms with E-state index in [-0.39, 0.29) is 11.0 Å². The van der Waals surface area contributed by atoms with Crippen molar-refractivity contribution in [3.05, 3.63) is 12.3 Å². The second-order valence-electron chi connectivity index (χ2n) is 4.57. The molecule has 0 aromatic rings. The molecule has 0 aromatic heterocycles. The van der Waals surface area contributed by atoms with Crippen molar-refractivity contribution in [2.45, 2.75) is 40.2 Å². The fourth-order valence-corrected chi connectivity index (χ4v) is 1.65. The summed E-state index contributed by atoms with van der Waals surface area (Å²) in [4.78, 5) is 0. The lowest BCUT2D eigenvalue weighted by Crippen LogP contribution is -2.30. The number of rotatable bonds is 0. The van der Waals surface area contributed by atoms with Crippen LogP contribution in [-0.2, 0) is 4.74 Å². The SMILES string of the molecule is C=C1OC(C)(C)C(C)C1(C)C. The van der Waals surface area contributed by atoms with Crippen LogP contribution in [0.15, 0.2) is 12.3 Å². The molecule has 0 N–H and O–H groups in total. The van der Waals surface area contributed by atoms with E-state index in [1.807, 2.05) is 0 Å². The molecule has 1 atom stereocenters. The molecule has 0 radical (unpaired) electrons. The van der Waals surface area contributed by atoms with Crippen LogP contribution in [0.1, 0.15) is 34.6 Å². The van der Waals surface area contributed by atoms with E-state index in [1.165, 1.54) is 0 Å². The van der Waals surface area contributed by atoms with Gasteiger partial charge in [0.15, 0.2) is 0 Å². The minimum Gasteiger partial charge on any atom is -0.492 e. The molecule has 1 aliphatic heterocycles. The predicted molar refractivity (Wildman–Crippen MR) is 47.2 cm³/mol. The summed E-state index contributed by atoms with van der Waals surface area (Å²) < 4.78 is 5.68. The third kappa shape index (κ3) is 1.07. The molecule has 1 aliphatic rings. The number of ether oxygens (including phenoxy) is 1. The molecule has 0 amide bonds. The van der Waals surface area contributed by atoms with Gasteiger partial charge in [0.05, 0.1) is 5.76 Å². The van der Waals surface area contributed by atoms with E-state index >= 15 is 0 Å². The molecule has 0 aliphatic carbocycles. The van der Waals surface area contributed by atoms with Crippen molar-refractivity contribution in [2.75, 3.05) is 0 Å². The van der Waals surface area contributed by atoms with E-state index in [1.54, 1.807) is 0 Å². The summed E-state index contributed by atoms with van der Waals surface area (Å²) in [5.41, 5.74) is 0.0874. The van der Waals surface area contributed by atoms with Crippen LogP contribution >= 0.6 is 0 Å². The van der Waals surface area contributed by atoms with Gasteiger partial charge < -0.3 is 4.74 Å². The number of hydrogen-bond acceptors (Lipinski definition) is 1. The maximum absolute atomic E-state index is 5.68. The third-order valence-corrected chi connectivity index (χ3v) is 3.23. The van der Waals surface area contributed by atoms with Crippen molar-refractivity contribution in [1.82, 2.24) is 0 Å². The van der Waals surface area contributed by atoms with Crippen LogP contribution in [0.25, 0.3) is 0 Å². The second-order valence-corrected chi connectivity index (χ2v) is 4.57. The highest BCUT2D eigenvalue weighted by molar-refractivity contribution is 5.12. The molecule has 1 unspecified atom stereocenters. The molecule has 1 fully saturated rings. The highest BCUT2D eigenvalue weighted by atomic mass is 16.5. The quantitative estimate of drug-likeness (QED) is 0.521. The second kappa shape index (κ2) is 2.02. The molecule has 0 aromatic carbocycles. The van der Waals surface area contributed by atoms with Gasteiger partial charge in [0.2, 0.25) is 0 Å². The van der Waals surface area contributed by atoms with Gasteiger partial charge in [0.25, 0.3) is 0 Å². The lowest BCUT2D eigenvalue weighted by molar-refractivity contribution is 0.0462. The van der Waals surface area contributed by atoms with E-state index < -0.39 is 0 Å². The van der Waals surface area contributed by atoms with Gasteiger partial charge in [0.1, 0.15) is 5.60 Å². The monoisotopic (exact) mass is 154 g/mol. The van der Waals surface area contributed by atoms with E-state index in [9.17, 15) is 0 Å². The maximum atomic E-state index is 5.68. The largest absolute Gasteiger partial charge is 0.492 e. The fourth-order valence-electron chi connectivity index (χ4n) is 1.65. The molecule has 1 heterocycles. The Balaban J connectivity index is 2.98.